The van der Waals surface area contributed by atoms with Gasteiger partial charge < -0.3 is 10.1 Å². The molecule has 0 spiro atoms. The second kappa shape index (κ2) is 5.50. The van der Waals surface area contributed by atoms with Crippen LogP contribution >= 0.6 is 0 Å². The molecule has 94 valence electrons. The van der Waals surface area contributed by atoms with Gasteiger partial charge in [0.2, 0.25) is 0 Å². The van der Waals surface area contributed by atoms with Crippen molar-refractivity contribution in [1.82, 2.24) is 5.32 Å². The molecule has 2 rings (SSSR count). The van der Waals surface area contributed by atoms with Crippen LogP contribution in [0.25, 0.3) is 0 Å². The molecule has 0 aromatic heterocycles. The maximum Gasteiger partial charge on any atom is 0.0536 e. The van der Waals surface area contributed by atoms with Gasteiger partial charge in [-0.3, -0.25) is 0 Å². The number of rotatable bonds is 7. The van der Waals surface area contributed by atoms with Gasteiger partial charge in [0.05, 0.1) is 6.61 Å². The van der Waals surface area contributed by atoms with Gasteiger partial charge in [-0.1, -0.05) is 19.8 Å². The molecular weight excluding hydrogens is 198 g/mol. The fourth-order valence-corrected chi connectivity index (χ4v) is 3.69. The quantitative estimate of drug-likeness (QED) is 0.719. The standard InChI is InChI=1S/C14H27NO/c1-3-15-10-14(11-16-2,13-8-9-13)12-6-4-5-7-12/h12-13,15H,3-11H2,1-2H3. The van der Waals surface area contributed by atoms with Crippen LogP contribution in [0.15, 0.2) is 0 Å². The van der Waals surface area contributed by atoms with Crippen molar-refractivity contribution >= 4 is 0 Å². The van der Waals surface area contributed by atoms with E-state index in [0.717, 1.165) is 25.0 Å². The summed E-state index contributed by atoms with van der Waals surface area (Å²) in [6, 6.07) is 0. The van der Waals surface area contributed by atoms with Crippen molar-refractivity contribution in [3.8, 4) is 0 Å². The third-order valence-electron chi connectivity index (χ3n) is 4.68. The minimum absolute atomic E-state index is 0.460. The first-order valence-electron chi connectivity index (χ1n) is 7.03. The normalized spacial score (nSPS) is 25.9. The Labute approximate surface area is 100 Å². The van der Waals surface area contributed by atoms with Gasteiger partial charge in [0.25, 0.3) is 0 Å². The van der Waals surface area contributed by atoms with Crippen LogP contribution in [-0.2, 0) is 4.74 Å². The van der Waals surface area contributed by atoms with E-state index in [1.807, 2.05) is 7.11 Å². The molecule has 1 atom stereocenters. The molecule has 0 aliphatic heterocycles. The van der Waals surface area contributed by atoms with Crippen molar-refractivity contribution in [3.63, 3.8) is 0 Å². The largest absolute Gasteiger partial charge is 0.384 e. The van der Waals surface area contributed by atoms with Crippen LogP contribution in [0, 0.1) is 17.3 Å². The summed E-state index contributed by atoms with van der Waals surface area (Å²) in [5.74, 6) is 1.86. The molecule has 0 heterocycles. The van der Waals surface area contributed by atoms with E-state index in [-0.39, 0.29) is 0 Å². The average Bonchev–Trinajstić information content (AvgIpc) is 3.00. The maximum absolute atomic E-state index is 5.58. The molecule has 0 aromatic carbocycles. The summed E-state index contributed by atoms with van der Waals surface area (Å²) in [4.78, 5) is 0. The highest BCUT2D eigenvalue weighted by Gasteiger charge is 2.50. The lowest BCUT2D eigenvalue weighted by Gasteiger charge is -2.39. The Morgan fingerprint density at radius 3 is 2.25 bits per heavy atom. The fraction of sp³-hybridized carbons (Fsp3) is 1.00. The Morgan fingerprint density at radius 1 is 1.12 bits per heavy atom. The van der Waals surface area contributed by atoms with Crippen molar-refractivity contribution in [2.24, 2.45) is 17.3 Å². The third-order valence-corrected chi connectivity index (χ3v) is 4.68. The number of hydrogen-bond acceptors (Lipinski definition) is 2. The molecule has 2 saturated carbocycles. The molecule has 2 aliphatic carbocycles. The van der Waals surface area contributed by atoms with Gasteiger partial charge in [0.1, 0.15) is 0 Å². The molecule has 16 heavy (non-hydrogen) atoms. The SMILES string of the molecule is CCNCC(COC)(C1CCCC1)C1CC1. The van der Waals surface area contributed by atoms with E-state index in [1.54, 1.807) is 0 Å². The van der Waals surface area contributed by atoms with Gasteiger partial charge in [-0.25, -0.2) is 0 Å². The zero-order valence-electron chi connectivity index (χ0n) is 10.9. The number of nitrogens with one attached hydrogen (secondary N) is 1. The van der Waals surface area contributed by atoms with Gasteiger partial charge in [0, 0.05) is 19.1 Å². The highest BCUT2D eigenvalue weighted by atomic mass is 16.5. The van der Waals surface area contributed by atoms with Gasteiger partial charge >= 0.3 is 0 Å². The number of ether oxygens (including phenoxy) is 1. The molecule has 1 N–H and O–H groups in total. The Morgan fingerprint density at radius 2 is 1.75 bits per heavy atom. The van der Waals surface area contributed by atoms with Crippen LogP contribution in [0.3, 0.4) is 0 Å². The van der Waals surface area contributed by atoms with Crippen LogP contribution in [-0.4, -0.2) is 26.8 Å². The zero-order chi connectivity index (χ0) is 11.4. The predicted octanol–water partition coefficient (Wildman–Crippen LogP) is 2.83. The number of hydrogen-bond donors (Lipinski definition) is 1. The lowest BCUT2D eigenvalue weighted by atomic mass is 9.70. The zero-order valence-corrected chi connectivity index (χ0v) is 10.9. The monoisotopic (exact) mass is 225 g/mol. The van der Waals surface area contributed by atoms with Gasteiger partial charge in [0.15, 0.2) is 0 Å². The van der Waals surface area contributed by atoms with Crippen LogP contribution < -0.4 is 5.32 Å². The van der Waals surface area contributed by atoms with Crippen molar-refractivity contribution in [2.45, 2.75) is 45.4 Å². The van der Waals surface area contributed by atoms with Crippen molar-refractivity contribution in [1.29, 1.82) is 0 Å². The molecule has 0 amide bonds. The van der Waals surface area contributed by atoms with Gasteiger partial charge in [-0.15, -0.1) is 0 Å². The third kappa shape index (κ3) is 2.43. The molecule has 1 unspecified atom stereocenters. The molecule has 2 nitrogen and oxygen atoms in total. The first-order valence-corrected chi connectivity index (χ1v) is 7.03. The molecule has 0 bridgehead atoms. The molecule has 0 radical (unpaired) electrons. The van der Waals surface area contributed by atoms with Crippen LogP contribution in [0.5, 0.6) is 0 Å². The average molecular weight is 225 g/mol. The highest BCUT2D eigenvalue weighted by Crippen LogP contribution is 2.54. The maximum atomic E-state index is 5.58. The smallest absolute Gasteiger partial charge is 0.0536 e. The Kier molecular flexibility index (Phi) is 4.26. The summed E-state index contributed by atoms with van der Waals surface area (Å²) in [6.07, 6.45) is 8.62. The van der Waals surface area contributed by atoms with E-state index in [0.29, 0.717) is 5.41 Å². The first kappa shape index (κ1) is 12.4. The van der Waals surface area contributed by atoms with Crippen LogP contribution in [0.4, 0.5) is 0 Å². The van der Waals surface area contributed by atoms with Crippen LogP contribution in [0.1, 0.15) is 45.4 Å². The van der Waals surface area contributed by atoms with E-state index in [4.69, 9.17) is 4.74 Å². The van der Waals surface area contributed by atoms with Crippen molar-refractivity contribution < 1.29 is 4.74 Å². The molecule has 0 saturated heterocycles. The summed E-state index contributed by atoms with van der Waals surface area (Å²) in [7, 11) is 1.87. The lowest BCUT2D eigenvalue weighted by Crippen LogP contribution is -2.45. The minimum Gasteiger partial charge on any atom is -0.384 e. The second-order valence-corrected chi connectivity index (χ2v) is 5.70. The molecular formula is C14H27NO. The van der Waals surface area contributed by atoms with E-state index in [9.17, 15) is 0 Å². The highest BCUT2D eigenvalue weighted by molar-refractivity contribution is 5.00. The fourth-order valence-electron chi connectivity index (χ4n) is 3.69. The molecule has 0 aromatic rings. The van der Waals surface area contributed by atoms with Gasteiger partial charge in [-0.05, 0) is 44.1 Å². The van der Waals surface area contributed by atoms with Gasteiger partial charge in [-0.2, -0.15) is 0 Å². The molecule has 2 aliphatic rings. The molecule has 2 heteroatoms. The van der Waals surface area contributed by atoms with Crippen LogP contribution in [0.2, 0.25) is 0 Å². The summed E-state index contributed by atoms with van der Waals surface area (Å²) in [5, 5.41) is 3.59. The lowest BCUT2D eigenvalue weighted by molar-refractivity contribution is 0.0143. The number of methoxy groups -OCH3 is 1. The summed E-state index contributed by atoms with van der Waals surface area (Å²) in [5.41, 5.74) is 0.460. The second-order valence-electron chi connectivity index (χ2n) is 5.70. The van der Waals surface area contributed by atoms with E-state index < -0.39 is 0 Å². The Bertz CT molecular complexity index is 209. The molecule has 2 fully saturated rings. The Hall–Kier alpha value is -0.0800. The van der Waals surface area contributed by atoms with E-state index >= 15 is 0 Å². The van der Waals surface area contributed by atoms with E-state index in [1.165, 1.54) is 45.1 Å². The van der Waals surface area contributed by atoms with E-state index in [2.05, 4.69) is 12.2 Å². The van der Waals surface area contributed by atoms with Crippen molar-refractivity contribution in [2.75, 3.05) is 26.8 Å². The predicted molar refractivity (Wildman–Crippen MR) is 67.5 cm³/mol. The Balaban J connectivity index is 2.06. The summed E-state index contributed by atoms with van der Waals surface area (Å²) < 4.78 is 5.58. The first-order chi connectivity index (χ1) is 7.83. The minimum atomic E-state index is 0.460. The topological polar surface area (TPSA) is 21.3 Å². The summed E-state index contributed by atoms with van der Waals surface area (Å²) in [6.45, 7) is 5.44. The summed E-state index contributed by atoms with van der Waals surface area (Å²) >= 11 is 0. The van der Waals surface area contributed by atoms with Crippen molar-refractivity contribution in [3.05, 3.63) is 0 Å².